The van der Waals surface area contributed by atoms with Crippen molar-refractivity contribution in [3.05, 3.63) is 48.2 Å². The second kappa shape index (κ2) is 10.6. The van der Waals surface area contributed by atoms with E-state index in [4.69, 9.17) is 4.52 Å². The topological polar surface area (TPSA) is 106 Å². The monoisotopic (exact) mass is 482 g/mol. The zero-order valence-electron chi connectivity index (χ0n) is 15.3. The normalized spacial score (nSPS) is 11.1. The van der Waals surface area contributed by atoms with Crippen molar-refractivity contribution in [3.63, 3.8) is 0 Å². The molecule has 0 unspecified atom stereocenters. The first-order chi connectivity index (χ1) is 12.8. The molecular formula is C17H23IN8O. The molecule has 27 heavy (non-hydrogen) atoms. The molecule has 0 fully saturated rings. The molecule has 144 valence electrons. The molecular weight excluding hydrogens is 459 g/mol. The van der Waals surface area contributed by atoms with Crippen LogP contribution in [0.4, 0.5) is 0 Å². The van der Waals surface area contributed by atoms with E-state index in [1.54, 1.807) is 12.4 Å². The van der Waals surface area contributed by atoms with Crippen molar-refractivity contribution in [2.24, 2.45) is 12.0 Å². The number of nitrogens with zero attached hydrogens (tertiary/aromatic N) is 6. The number of nitrogens with one attached hydrogen (secondary N) is 2. The van der Waals surface area contributed by atoms with Gasteiger partial charge in [0.1, 0.15) is 5.69 Å². The second-order valence-electron chi connectivity index (χ2n) is 5.55. The first kappa shape index (κ1) is 20.8. The van der Waals surface area contributed by atoms with Crippen molar-refractivity contribution < 1.29 is 4.52 Å². The lowest BCUT2D eigenvalue weighted by Gasteiger charge is -2.10. The first-order valence-corrected chi connectivity index (χ1v) is 8.49. The van der Waals surface area contributed by atoms with Gasteiger partial charge in [0.25, 0.3) is 5.89 Å². The highest BCUT2D eigenvalue weighted by molar-refractivity contribution is 14.0. The summed E-state index contributed by atoms with van der Waals surface area (Å²) in [6, 6.07) is 7.52. The predicted octanol–water partition coefficient (Wildman–Crippen LogP) is 1.78. The average Bonchev–Trinajstić information content (AvgIpc) is 3.29. The smallest absolute Gasteiger partial charge is 0.276 e. The van der Waals surface area contributed by atoms with E-state index >= 15 is 0 Å². The number of aliphatic imine (C=N–C) groups is 1. The maximum atomic E-state index is 5.26. The van der Waals surface area contributed by atoms with Crippen molar-refractivity contribution >= 4 is 29.9 Å². The van der Waals surface area contributed by atoms with Gasteiger partial charge in [-0.1, -0.05) is 11.2 Å². The summed E-state index contributed by atoms with van der Waals surface area (Å²) in [5.74, 6) is 1.79. The highest BCUT2D eigenvalue weighted by atomic mass is 127. The van der Waals surface area contributed by atoms with Crippen LogP contribution in [0.5, 0.6) is 0 Å². The molecule has 0 aromatic carbocycles. The molecule has 9 nitrogen and oxygen atoms in total. The maximum absolute atomic E-state index is 5.26. The molecule has 10 heteroatoms. The van der Waals surface area contributed by atoms with Crippen LogP contribution in [-0.2, 0) is 20.0 Å². The molecule has 0 radical (unpaired) electrons. The van der Waals surface area contributed by atoms with Crippen LogP contribution in [0.15, 0.2) is 46.2 Å². The van der Waals surface area contributed by atoms with Gasteiger partial charge in [-0.3, -0.25) is 9.67 Å². The van der Waals surface area contributed by atoms with Gasteiger partial charge < -0.3 is 15.2 Å². The predicted molar refractivity (Wildman–Crippen MR) is 113 cm³/mol. The summed E-state index contributed by atoms with van der Waals surface area (Å²) in [5.41, 5.74) is 1.71. The molecule has 3 rings (SSSR count). The highest BCUT2D eigenvalue weighted by Gasteiger charge is 2.09. The second-order valence-corrected chi connectivity index (χ2v) is 5.55. The Morgan fingerprint density at radius 2 is 2.11 bits per heavy atom. The van der Waals surface area contributed by atoms with Gasteiger partial charge in [0, 0.05) is 39.0 Å². The van der Waals surface area contributed by atoms with E-state index in [0.29, 0.717) is 36.9 Å². The third-order valence-electron chi connectivity index (χ3n) is 3.66. The average molecular weight is 482 g/mol. The van der Waals surface area contributed by atoms with Gasteiger partial charge in [0.15, 0.2) is 11.8 Å². The van der Waals surface area contributed by atoms with E-state index in [9.17, 15) is 0 Å². The third kappa shape index (κ3) is 6.01. The zero-order chi connectivity index (χ0) is 18.2. The number of halogens is 1. The molecule has 3 aromatic rings. The number of pyridine rings is 1. The van der Waals surface area contributed by atoms with E-state index in [0.717, 1.165) is 18.2 Å². The molecule has 3 aromatic heterocycles. The number of aryl methyl sites for hydroxylation is 1. The van der Waals surface area contributed by atoms with E-state index in [-0.39, 0.29) is 24.0 Å². The molecule has 3 heterocycles. The molecule has 2 N–H and O–H groups in total. The number of hydrogen-bond acceptors (Lipinski definition) is 6. The van der Waals surface area contributed by atoms with Crippen molar-refractivity contribution in [1.29, 1.82) is 0 Å². The Labute approximate surface area is 174 Å². The summed E-state index contributed by atoms with van der Waals surface area (Å²) in [6.07, 6.45) is 4.08. The lowest BCUT2D eigenvalue weighted by molar-refractivity contribution is 0.421. The van der Waals surface area contributed by atoms with Crippen molar-refractivity contribution in [1.82, 2.24) is 35.5 Å². The summed E-state index contributed by atoms with van der Waals surface area (Å²) in [5, 5.41) is 14.6. The largest absolute Gasteiger partial charge is 0.357 e. The van der Waals surface area contributed by atoms with Crippen LogP contribution >= 0.6 is 24.0 Å². The Bertz CT molecular complexity index is 846. The summed E-state index contributed by atoms with van der Waals surface area (Å²) in [7, 11) is 1.90. The van der Waals surface area contributed by atoms with Gasteiger partial charge in [-0.15, -0.1) is 24.0 Å². The van der Waals surface area contributed by atoms with Gasteiger partial charge >= 0.3 is 0 Å². The molecule has 0 aliphatic carbocycles. The molecule has 0 saturated carbocycles. The summed E-state index contributed by atoms with van der Waals surface area (Å²) in [4.78, 5) is 13.1. The minimum absolute atomic E-state index is 0. The zero-order valence-corrected chi connectivity index (χ0v) is 17.6. The van der Waals surface area contributed by atoms with E-state index in [1.807, 2.05) is 42.9 Å². The van der Waals surface area contributed by atoms with Crippen molar-refractivity contribution in [2.45, 2.75) is 19.9 Å². The van der Waals surface area contributed by atoms with Crippen molar-refractivity contribution in [2.75, 3.05) is 13.1 Å². The van der Waals surface area contributed by atoms with Crippen LogP contribution in [-0.4, -0.2) is 44.0 Å². The molecule has 0 amide bonds. The molecule has 0 aliphatic rings. The fourth-order valence-corrected chi connectivity index (χ4v) is 2.30. The Balaban J connectivity index is 0.00000261. The number of guanidine groups is 1. The standard InChI is InChI=1S/C17H22N8O.HI/c1-3-18-17(21-12-13-7-11-22-25(13)2)20-10-8-15-23-16(26-24-15)14-6-4-5-9-19-14;/h4-7,9,11H,3,8,10,12H2,1-2H3,(H2,18,20,21);1H. The Hall–Kier alpha value is -2.50. The quantitative estimate of drug-likeness (QED) is 0.301. The fraction of sp³-hybridized carbons (Fsp3) is 0.353. The van der Waals surface area contributed by atoms with Crippen LogP contribution in [0.1, 0.15) is 18.4 Å². The number of aromatic nitrogens is 5. The Morgan fingerprint density at radius 3 is 2.81 bits per heavy atom. The lowest BCUT2D eigenvalue weighted by Crippen LogP contribution is -2.38. The Kier molecular flexibility index (Phi) is 8.17. The summed E-state index contributed by atoms with van der Waals surface area (Å²) >= 11 is 0. The first-order valence-electron chi connectivity index (χ1n) is 8.49. The van der Waals surface area contributed by atoms with Gasteiger partial charge in [0.05, 0.1) is 12.2 Å². The van der Waals surface area contributed by atoms with E-state index in [2.05, 4.69) is 35.8 Å². The highest BCUT2D eigenvalue weighted by Crippen LogP contribution is 2.13. The molecule has 0 spiro atoms. The van der Waals surface area contributed by atoms with Crippen LogP contribution in [0.3, 0.4) is 0 Å². The molecule has 0 bridgehead atoms. The molecule has 0 aliphatic heterocycles. The number of rotatable bonds is 7. The third-order valence-corrected chi connectivity index (χ3v) is 3.66. The minimum Gasteiger partial charge on any atom is -0.357 e. The van der Waals surface area contributed by atoms with Gasteiger partial charge in [-0.05, 0) is 25.1 Å². The van der Waals surface area contributed by atoms with Gasteiger partial charge in [-0.25, -0.2) is 4.99 Å². The minimum atomic E-state index is 0. The van der Waals surface area contributed by atoms with E-state index in [1.165, 1.54) is 0 Å². The van der Waals surface area contributed by atoms with Crippen LogP contribution in [0, 0.1) is 0 Å². The summed E-state index contributed by atoms with van der Waals surface area (Å²) in [6.45, 7) is 4.00. The molecule has 0 saturated heterocycles. The SMILES string of the molecule is CCNC(=NCc1ccnn1C)NCCc1noc(-c2ccccn2)n1.I. The van der Waals surface area contributed by atoms with Crippen molar-refractivity contribution in [3.8, 4) is 11.6 Å². The lowest BCUT2D eigenvalue weighted by atomic mass is 10.3. The van der Waals surface area contributed by atoms with Gasteiger partial charge in [0.2, 0.25) is 0 Å². The number of hydrogen-bond donors (Lipinski definition) is 2. The maximum Gasteiger partial charge on any atom is 0.276 e. The fourth-order valence-electron chi connectivity index (χ4n) is 2.30. The van der Waals surface area contributed by atoms with Crippen LogP contribution < -0.4 is 10.6 Å². The Morgan fingerprint density at radius 1 is 1.22 bits per heavy atom. The van der Waals surface area contributed by atoms with Crippen LogP contribution in [0.2, 0.25) is 0 Å². The summed E-state index contributed by atoms with van der Waals surface area (Å²) < 4.78 is 7.07. The van der Waals surface area contributed by atoms with Gasteiger partial charge in [-0.2, -0.15) is 10.1 Å². The molecule has 0 atom stereocenters. The van der Waals surface area contributed by atoms with E-state index < -0.39 is 0 Å². The van der Waals surface area contributed by atoms with Crippen LogP contribution in [0.25, 0.3) is 11.6 Å².